The summed E-state index contributed by atoms with van der Waals surface area (Å²) in [6, 6.07) is 0. The van der Waals surface area contributed by atoms with Gasteiger partial charge in [-0.05, 0) is 38.9 Å². The second-order valence-corrected chi connectivity index (χ2v) is 3.08. The van der Waals surface area contributed by atoms with Gasteiger partial charge in [0, 0.05) is 6.42 Å². The number of nitrogens with one attached hydrogen (secondary N) is 1. The van der Waals surface area contributed by atoms with Gasteiger partial charge in [0.25, 0.3) is 0 Å². The zero-order valence-electron chi connectivity index (χ0n) is 6.81. The number of carbonyl (C=O) groups excluding carboxylic acids is 1. The molecule has 1 rings (SSSR count). The first kappa shape index (κ1) is 8.53. The van der Waals surface area contributed by atoms with Crippen molar-refractivity contribution in [2.45, 2.75) is 25.7 Å². The van der Waals surface area contributed by atoms with Crippen molar-refractivity contribution in [2.75, 3.05) is 19.6 Å². The Morgan fingerprint density at radius 3 is 2.55 bits per heavy atom. The van der Waals surface area contributed by atoms with Crippen molar-refractivity contribution in [1.82, 2.24) is 10.6 Å². The fourth-order valence-electron chi connectivity index (χ4n) is 1.47. The third-order valence-corrected chi connectivity index (χ3v) is 2.08. The number of rotatable bonds is 4. The average molecular weight is 155 g/mol. The summed E-state index contributed by atoms with van der Waals surface area (Å²) in [7, 11) is 0. The van der Waals surface area contributed by atoms with Crippen molar-refractivity contribution >= 4 is 5.91 Å². The van der Waals surface area contributed by atoms with Gasteiger partial charge in [0.05, 0.1) is 0 Å². The molecule has 3 heteroatoms. The van der Waals surface area contributed by atoms with Crippen LogP contribution in [0.4, 0.5) is 0 Å². The Hall–Kier alpha value is -0.570. The molecule has 0 saturated carbocycles. The van der Waals surface area contributed by atoms with Gasteiger partial charge in [0.1, 0.15) is 0 Å². The molecule has 1 amide bonds. The first-order valence-electron chi connectivity index (χ1n) is 4.26. The van der Waals surface area contributed by atoms with Gasteiger partial charge in [-0.1, -0.05) is 0 Å². The van der Waals surface area contributed by atoms with E-state index in [1.54, 1.807) is 0 Å². The lowest BCUT2D eigenvalue weighted by molar-refractivity contribution is -0.118. The Bertz CT molecular complexity index is 130. The Morgan fingerprint density at radius 1 is 1.36 bits per heavy atom. The fourth-order valence-corrected chi connectivity index (χ4v) is 1.47. The van der Waals surface area contributed by atoms with Gasteiger partial charge in [0.2, 0.25) is 5.91 Å². The summed E-state index contributed by atoms with van der Waals surface area (Å²) in [5.74, 6) is -0.427. The van der Waals surface area contributed by atoms with Gasteiger partial charge in [-0.3, -0.25) is 10.5 Å². The van der Waals surface area contributed by atoms with Gasteiger partial charge in [-0.25, -0.2) is 0 Å². The van der Waals surface area contributed by atoms with E-state index in [4.69, 9.17) is 5.73 Å². The van der Waals surface area contributed by atoms with Crippen LogP contribution in [0.15, 0.2) is 0 Å². The minimum atomic E-state index is -0.427. The number of nitrogens with zero attached hydrogens (tertiary/aromatic N) is 1. The molecule has 1 fully saturated rings. The van der Waals surface area contributed by atoms with Gasteiger partial charge >= 0.3 is 0 Å². The third kappa shape index (κ3) is 3.37. The largest absolute Gasteiger partial charge is 0.303 e. The summed E-state index contributed by atoms with van der Waals surface area (Å²) in [4.78, 5) is 12.6. The van der Waals surface area contributed by atoms with E-state index >= 15 is 0 Å². The zero-order chi connectivity index (χ0) is 8.10. The van der Waals surface area contributed by atoms with Gasteiger partial charge in [-0.15, -0.1) is 0 Å². The quantitative estimate of drug-likeness (QED) is 0.599. The van der Waals surface area contributed by atoms with Crippen LogP contribution in [0.25, 0.3) is 0 Å². The molecule has 0 bridgehead atoms. The molecule has 0 spiro atoms. The molecule has 1 heterocycles. The number of hydrogen-bond acceptors (Lipinski definition) is 2. The summed E-state index contributed by atoms with van der Waals surface area (Å²) in [5, 5.41) is 0. The Morgan fingerprint density at radius 2 is 2.00 bits per heavy atom. The molecule has 1 aliphatic heterocycles. The molecule has 0 aliphatic carbocycles. The highest BCUT2D eigenvalue weighted by molar-refractivity contribution is 5.72. The zero-order valence-corrected chi connectivity index (χ0v) is 6.81. The van der Waals surface area contributed by atoms with Crippen LogP contribution in [-0.2, 0) is 4.79 Å². The summed E-state index contributed by atoms with van der Waals surface area (Å²) < 4.78 is 0. The van der Waals surface area contributed by atoms with Gasteiger partial charge < -0.3 is 4.90 Å². The standard InChI is InChI=1S/C8H15N2O/c9-8(11)4-3-7-10-5-1-2-6-10/h9H,1-7H2. The molecule has 1 aliphatic rings. The molecule has 0 atom stereocenters. The van der Waals surface area contributed by atoms with E-state index < -0.39 is 5.91 Å². The Kier molecular flexibility index (Phi) is 3.36. The van der Waals surface area contributed by atoms with Crippen LogP contribution in [0, 0.1) is 0 Å². The number of carbonyl (C=O) groups is 1. The second kappa shape index (κ2) is 4.34. The molecule has 0 unspecified atom stereocenters. The number of likely N-dealkylation sites (tertiary alicyclic amines) is 1. The van der Waals surface area contributed by atoms with E-state index in [2.05, 4.69) is 4.90 Å². The first-order chi connectivity index (χ1) is 5.29. The minimum absolute atomic E-state index is 0.427. The first-order valence-corrected chi connectivity index (χ1v) is 4.26. The van der Waals surface area contributed by atoms with E-state index in [-0.39, 0.29) is 0 Å². The van der Waals surface area contributed by atoms with Crippen molar-refractivity contribution in [1.29, 1.82) is 0 Å². The lowest BCUT2D eigenvalue weighted by atomic mass is 10.3. The molecule has 0 aromatic carbocycles. The second-order valence-electron chi connectivity index (χ2n) is 3.08. The normalized spacial score (nSPS) is 18.9. The van der Waals surface area contributed by atoms with Crippen molar-refractivity contribution in [3.63, 3.8) is 0 Å². The maximum atomic E-state index is 10.3. The molecular weight excluding hydrogens is 140 g/mol. The number of hydrogen-bond donors (Lipinski definition) is 0. The maximum absolute atomic E-state index is 10.3. The van der Waals surface area contributed by atoms with Crippen molar-refractivity contribution in [3.05, 3.63) is 0 Å². The fraction of sp³-hybridized carbons (Fsp3) is 0.875. The lowest BCUT2D eigenvalue weighted by Gasteiger charge is -2.12. The highest BCUT2D eigenvalue weighted by atomic mass is 16.1. The molecule has 0 aromatic heterocycles. The highest BCUT2D eigenvalue weighted by Crippen LogP contribution is 2.07. The summed E-state index contributed by atoms with van der Waals surface area (Å²) >= 11 is 0. The Labute approximate surface area is 67.5 Å². The predicted molar refractivity (Wildman–Crippen MR) is 43.0 cm³/mol. The molecular formula is C8H15N2O. The van der Waals surface area contributed by atoms with Crippen LogP contribution >= 0.6 is 0 Å². The van der Waals surface area contributed by atoms with Crippen LogP contribution in [0.2, 0.25) is 0 Å². The van der Waals surface area contributed by atoms with E-state index in [0.717, 1.165) is 13.0 Å². The minimum Gasteiger partial charge on any atom is -0.303 e. The summed E-state index contributed by atoms with van der Waals surface area (Å²) in [5.41, 5.74) is 6.69. The summed E-state index contributed by atoms with van der Waals surface area (Å²) in [6.45, 7) is 3.38. The molecule has 1 N–H and O–H groups in total. The van der Waals surface area contributed by atoms with E-state index in [0.29, 0.717) is 6.42 Å². The van der Waals surface area contributed by atoms with E-state index in [9.17, 15) is 4.79 Å². The monoisotopic (exact) mass is 155 g/mol. The van der Waals surface area contributed by atoms with Crippen LogP contribution in [-0.4, -0.2) is 30.4 Å². The highest BCUT2D eigenvalue weighted by Gasteiger charge is 2.10. The van der Waals surface area contributed by atoms with Crippen LogP contribution in [0.3, 0.4) is 0 Å². The van der Waals surface area contributed by atoms with Gasteiger partial charge in [0.15, 0.2) is 0 Å². The van der Waals surface area contributed by atoms with Gasteiger partial charge in [-0.2, -0.15) is 0 Å². The van der Waals surface area contributed by atoms with Crippen LogP contribution in [0.5, 0.6) is 0 Å². The molecule has 3 nitrogen and oxygen atoms in total. The Balaban J connectivity index is 1.98. The maximum Gasteiger partial charge on any atom is 0.238 e. The molecule has 0 aromatic rings. The third-order valence-electron chi connectivity index (χ3n) is 2.08. The summed E-state index contributed by atoms with van der Waals surface area (Å²) in [6.07, 6.45) is 3.89. The van der Waals surface area contributed by atoms with Crippen molar-refractivity contribution in [3.8, 4) is 0 Å². The SMILES string of the molecule is [NH]C(=O)CCCN1CCCC1. The number of amides is 1. The van der Waals surface area contributed by atoms with Crippen molar-refractivity contribution in [2.24, 2.45) is 0 Å². The topological polar surface area (TPSA) is 44.1 Å². The average Bonchev–Trinajstić information content (AvgIpc) is 2.39. The molecule has 1 saturated heterocycles. The van der Waals surface area contributed by atoms with E-state index in [1.165, 1.54) is 25.9 Å². The lowest BCUT2D eigenvalue weighted by Crippen LogP contribution is -2.21. The predicted octanol–water partition coefficient (Wildman–Crippen LogP) is 0.672. The van der Waals surface area contributed by atoms with E-state index in [1.807, 2.05) is 0 Å². The molecule has 11 heavy (non-hydrogen) atoms. The van der Waals surface area contributed by atoms with Crippen LogP contribution in [0.1, 0.15) is 25.7 Å². The molecule has 1 radical (unpaired) electrons. The molecule has 63 valence electrons. The van der Waals surface area contributed by atoms with Crippen LogP contribution < -0.4 is 5.73 Å². The smallest absolute Gasteiger partial charge is 0.238 e. The van der Waals surface area contributed by atoms with Crippen molar-refractivity contribution < 1.29 is 4.79 Å².